The summed E-state index contributed by atoms with van der Waals surface area (Å²) < 4.78 is 0. The molecule has 0 aromatic carbocycles. The molecule has 0 bridgehead atoms. The number of aldehydes is 1. The number of hydrogen-bond donors (Lipinski definition) is 0. The number of likely N-dealkylation sites (tertiary alicyclic amines) is 2. The first kappa shape index (κ1) is 14.5. The van der Waals surface area contributed by atoms with E-state index in [1.165, 1.54) is 6.42 Å². The van der Waals surface area contributed by atoms with Crippen LogP contribution in [0.1, 0.15) is 52.4 Å². The topological polar surface area (TPSA) is 40.6 Å². The molecule has 3 atom stereocenters. The van der Waals surface area contributed by atoms with Crippen LogP contribution in [-0.2, 0) is 9.59 Å². The average molecular weight is 266 g/mol. The predicted molar refractivity (Wildman–Crippen MR) is 74.9 cm³/mol. The molecule has 0 radical (unpaired) electrons. The van der Waals surface area contributed by atoms with Crippen LogP contribution >= 0.6 is 0 Å². The van der Waals surface area contributed by atoms with Crippen LogP contribution in [0.5, 0.6) is 0 Å². The molecule has 0 aliphatic carbocycles. The normalized spacial score (nSPS) is 33.2. The van der Waals surface area contributed by atoms with Gasteiger partial charge in [-0.25, -0.2) is 0 Å². The van der Waals surface area contributed by atoms with Gasteiger partial charge in [0.15, 0.2) is 0 Å². The molecule has 2 aliphatic rings. The lowest BCUT2D eigenvalue weighted by molar-refractivity contribution is -0.139. The number of rotatable bonds is 3. The Balaban J connectivity index is 1.97. The van der Waals surface area contributed by atoms with Gasteiger partial charge in [0, 0.05) is 12.1 Å². The summed E-state index contributed by atoms with van der Waals surface area (Å²) in [5, 5.41) is 0. The fourth-order valence-electron chi connectivity index (χ4n) is 3.54. The molecule has 2 rings (SSSR count). The summed E-state index contributed by atoms with van der Waals surface area (Å²) in [7, 11) is 0. The van der Waals surface area contributed by atoms with Crippen molar-refractivity contribution in [2.24, 2.45) is 0 Å². The molecule has 19 heavy (non-hydrogen) atoms. The lowest BCUT2D eigenvalue weighted by atomic mass is 9.97. The molecule has 2 saturated heterocycles. The number of hydrogen-bond acceptors (Lipinski definition) is 3. The molecule has 0 aromatic rings. The van der Waals surface area contributed by atoms with E-state index >= 15 is 0 Å². The fraction of sp³-hybridized carbons (Fsp3) is 0.867. The Morgan fingerprint density at radius 3 is 2.42 bits per heavy atom. The maximum Gasteiger partial charge on any atom is 0.237 e. The van der Waals surface area contributed by atoms with Gasteiger partial charge in [0.05, 0.1) is 12.6 Å². The van der Waals surface area contributed by atoms with E-state index in [-0.39, 0.29) is 11.9 Å². The van der Waals surface area contributed by atoms with Crippen molar-refractivity contribution in [3.8, 4) is 0 Å². The predicted octanol–water partition coefficient (Wildman–Crippen LogP) is 1.83. The quantitative estimate of drug-likeness (QED) is 0.732. The van der Waals surface area contributed by atoms with Crippen LogP contribution in [0.4, 0.5) is 0 Å². The van der Waals surface area contributed by atoms with Crippen LogP contribution in [0, 0.1) is 0 Å². The van der Waals surface area contributed by atoms with Gasteiger partial charge in [0.2, 0.25) is 5.91 Å². The van der Waals surface area contributed by atoms with Gasteiger partial charge in [0.1, 0.15) is 6.29 Å². The Hall–Kier alpha value is -0.900. The molecule has 3 unspecified atom stereocenters. The van der Waals surface area contributed by atoms with Crippen LogP contribution in [0.15, 0.2) is 0 Å². The van der Waals surface area contributed by atoms with Crippen molar-refractivity contribution in [2.45, 2.75) is 70.5 Å². The molecule has 2 aliphatic heterocycles. The third-order valence-electron chi connectivity index (χ3n) is 4.64. The third kappa shape index (κ3) is 3.35. The van der Waals surface area contributed by atoms with Crippen molar-refractivity contribution >= 4 is 12.2 Å². The first-order valence-electron chi connectivity index (χ1n) is 7.64. The Morgan fingerprint density at radius 1 is 1.11 bits per heavy atom. The minimum Gasteiger partial charge on any atom is -0.336 e. The fourth-order valence-corrected chi connectivity index (χ4v) is 3.54. The van der Waals surface area contributed by atoms with Crippen LogP contribution in [0.25, 0.3) is 0 Å². The van der Waals surface area contributed by atoms with Crippen molar-refractivity contribution in [2.75, 3.05) is 13.1 Å². The van der Waals surface area contributed by atoms with E-state index in [0.29, 0.717) is 18.6 Å². The summed E-state index contributed by atoms with van der Waals surface area (Å²) in [4.78, 5) is 27.7. The van der Waals surface area contributed by atoms with E-state index in [1.54, 1.807) is 0 Å². The molecule has 108 valence electrons. The highest BCUT2D eigenvalue weighted by atomic mass is 16.2. The second-order valence-electron chi connectivity index (χ2n) is 6.10. The van der Waals surface area contributed by atoms with E-state index in [1.807, 2.05) is 4.90 Å². The highest BCUT2D eigenvalue weighted by Gasteiger charge is 2.31. The molecule has 1 amide bonds. The van der Waals surface area contributed by atoms with Gasteiger partial charge in [-0.3, -0.25) is 9.69 Å². The number of nitrogens with zero attached hydrogens (tertiary/aromatic N) is 2. The van der Waals surface area contributed by atoms with Crippen molar-refractivity contribution in [1.82, 2.24) is 9.80 Å². The van der Waals surface area contributed by atoms with Crippen LogP contribution in [0.2, 0.25) is 0 Å². The van der Waals surface area contributed by atoms with E-state index < -0.39 is 0 Å². The summed E-state index contributed by atoms with van der Waals surface area (Å²) in [6, 6.07) is 0.638. The largest absolute Gasteiger partial charge is 0.336 e. The Morgan fingerprint density at radius 2 is 1.79 bits per heavy atom. The molecular formula is C15H26N2O2. The van der Waals surface area contributed by atoms with Crippen LogP contribution in [-0.4, -0.2) is 53.2 Å². The molecule has 4 nitrogen and oxygen atoms in total. The van der Waals surface area contributed by atoms with Crippen LogP contribution in [0.3, 0.4) is 0 Å². The standard InChI is InChI=1S/C15H26N2O2/c1-12-6-5-7-13(2)17(12)15(19)10-16-9-4-3-8-14(16)11-18/h11-14H,3-10H2,1-2H3. The number of amides is 1. The van der Waals surface area contributed by atoms with Crippen molar-refractivity contribution < 1.29 is 9.59 Å². The van der Waals surface area contributed by atoms with Crippen molar-refractivity contribution in [3.63, 3.8) is 0 Å². The number of carbonyl (C=O) groups is 2. The van der Waals surface area contributed by atoms with Gasteiger partial charge in [-0.15, -0.1) is 0 Å². The molecule has 0 spiro atoms. The first-order chi connectivity index (χ1) is 9.13. The lowest BCUT2D eigenvalue weighted by Gasteiger charge is -2.41. The highest BCUT2D eigenvalue weighted by molar-refractivity contribution is 5.79. The third-order valence-corrected chi connectivity index (χ3v) is 4.64. The van der Waals surface area contributed by atoms with Gasteiger partial charge in [-0.1, -0.05) is 6.42 Å². The summed E-state index contributed by atoms with van der Waals surface area (Å²) in [6.07, 6.45) is 7.54. The Bertz CT molecular complexity index is 322. The molecule has 2 heterocycles. The maximum absolute atomic E-state index is 12.5. The van der Waals surface area contributed by atoms with E-state index in [4.69, 9.17) is 0 Å². The van der Waals surface area contributed by atoms with Gasteiger partial charge in [-0.2, -0.15) is 0 Å². The molecule has 0 N–H and O–H groups in total. The minimum atomic E-state index is -0.0481. The lowest BCUT2D eigenvalue weighted by Crippen LogP contribution is -2.53. The second-order valence-corrected chi connectivity index (χ2v) is 6.10. The smallest absolute Gasteiger partial charge is 0.237 e. The maximum atomic E-state index is 12.5. The molecular weight excluding hydrogens is 240 g/mol. The summed E-state index contributed by atoms with van der Waals surface area (Å²) >= 11 is 0. The molecule has 2 fully saturated rings. The zero-order valence-corrected chi connectivity index (χ0v) is 12.2. The second kappa shape index (κ2) is 6.51. The van der Waals surface area contributed by atoms with Gasteiger partial charge >= 0.3 is 0 Å². The van der Waals surface area contributed by atoms with E-state index in [9.17, 15) is 9.59 Å². The number of piperidine rings is 2. The highest BCUT2D eigenvalue weighted by Crippen LogP contribution is 2.23. The van der Waals surface area contributed by atoms with Gasteiger partial charge in [-0.05, 0) is 52.5 Å². The number of carbonyl (C=O) groups excluding carboxylic acids is 2. The molecule has 0 saturated carbocycles. The van der Waals surface area contributed by atoms with Gasteiger partial charge in [0.25, 0.3) is 0 Å². The zero-order chi connectivity index (χ0) is 13.8. The minimum absolute atomic E-state index is 0.0481. The zero-order valence-electron chi connectivity index (χ0n) is 12.2. The summed E-state index contributed by atoms with van der Waals surface area (Å²) in [5.74, 6) is 0.202. The van der Waals surface area contributed by atoms with Gasteiger partial charge < -0.3 is 9.69 Å². The van der Waals surface area contributed by atoms with Crippen molar-refractivity contribution in [3.05, 3.63) is 0 Å². The van der Waals surface area contributed by atoms with Crippen LogP contribution < -0.4 is 0 Å². The average Bonchev–Trinajstić information content (AvgIpc) is 2.39. The molecule has 0 aromatic heterocycles. The Labute approximate surface area is 116 Å². The van der Waals surface area contributed by atoms with E-state index in [2.05, 4.69) is 18.7 Å². The molecule has 4 heteroatoms. The van der Waals surface area contributed by atoms with E-state index in [0.717, 1.165) is 44.9 Å². The Kier molecular flexibility index (Phi) is 4.97. The summed E-state index contributed by atoms with van der Waals surface area (Å²) in [6.45, 7) is 5.58. The van der Waals surface area contributed by atoms with Crippen molar-refractivity contribution in [1.29, 1.82) is 0 Å². The first-order valence-corrected chi connectivity index (χ1v) is 7.64. The SMILES string of the molecule is CC1CCCC(C)N1C(=O)CN1CCCCC1C=O. The summed E-state index contributed by atoms with van der Waals surface area (Å²) in [5.41, 5.74) is 0. The monoisotopic (exact) mass is 266 g/mol.